The summed E-state index contributed by atoms with van der Waals surface area (Å²) in [7, 11) is 1.64. The largest absolute Gasteiger partial charge is 0.496 e. The predicted molar refractivity (Wildman–Crippen MR) is 73.4 cm³/mol. The fourth-order valence-corrected chi connectivity index (χ4v) is 3.19. The van der Waals surface area contributed by atoms with Crippen LogP contribution >= 0.6 is 11.6 Å². The Balaban J connectivity index is 2.54. The summed E-state index contributed by atoms with van der Waals surface area (Å²) in [5.41, 5.74) is 0.568. The molecule has 0 radical (unpaired) electrons. The molecule has 3 heteroatoms. The number of hydrogen-bond donors (Lipinski definition) is 0. The van der Waals surface area contributed by atoms with Crippen molar-refractivity contribution in [3.63, 3.8) is 0 Å². The zero-order valence-corrected chi connectivity index (χ0v) is 11.7. The zero-order valence-electron chi connectivity index (χ0n) is 11.0. The van der Waals surface area contributed by atoms with E-state index >= 15 is 0 Å². The number of halogens is 1. The summed E-state index contributed by atoms with van der Waals surface area (Å²) in [6, 6.07) is 5.56. The molecule has 1 fully saturated rings. The first-order valence-corrected chi connectivity index (χ1v) is 6.83. The first-order valence-electron chi connectivity index (χ1n) is 6.45. The number of benzene rings is 1. The van der Waals surface area contributed by atoms with Gasteiger partial charge in [0.25, 0.3) is 0 Å². The summed E-state index contributed by atoms with van der Waals surface area (Å²) >= 11 is 6.09. The second-order valence-electron chi connectivity index (χ2n) is 5.04. The summed E-state index contributed by atoms with van der Waals surface area (Å²) in [5, 5.41) is 0.664. The van der Waals surface area contributed by atoms with E-state index in [4.69, 9.17) is 16.3 Å². The van der Waals surface area contributed by atoms with Gasteiger partial charge in [-0.3, -0.25) is 4.79 Å². The number of rotatable bonds is 3. The van der Waals surface area contributed by atoms with Crippen molar-refractivity contribution in [3.05, 3.63) is 28.8 Å². The van der Waals surface area contributed by atoms with Gasteiger partial charge in [0.2, 0.25) is 0 Å². The first kappa shape index (κ1) is 13.4. The Morgan fingerprint density at radius 1 is 1.28 bits per heavy atom. The lowest BCUT2D eigenvalue weighted by Gasteiger charge is -2.36. The van der Waals surface area contributed by atoms with Gasteiger partial charge in [0, 0.05) is 10.6 Å². The highest BCUT2D eigenvalue weighted by atomic mass is 35.5. The number of methoxy groups -OCH3 is 1. The van der Waals surface area contributed by atoms with Crippen LogP contribution in [0.3, 0.4) is 0 Å². The van der Waals surface area contributed by atoms with E-state index in [-0.39, 0.29) is 5.78 Å². The Kier molecular flexibility index (Phi) is 3.96. The van der Waals surface area contributed by atoms with Crippen LogP contribution in [0.4, 0.5) is 0 Å². The minimum atomic E-state index is -0.394. The molecule has 0 heterocycles. The fraction of sp³-hybridized carbons (Fsp3) is 0.533. The Hall–Kier alpha value is -1.02. The lowest BCUT2D eigenvalue weighted by Crippen LogP contribution is -2.36. The molecule has 0 spiro atoms. The van der Waals surface area contributed by atoms with Crippen molar-refractivity contribution < 1.29 is 9.53 Å². The molecule has 98 valence electrons. The summed E-state index contributed by atoms with van der Waals surface area (Å²) in [4.78, 5) is 12.2. The van der Waals surface area contributed by atoms with Crippen LogP contribution < -0.4 is 4.74 Å². The van der Waals surface area contributed by atoms with Gasteiger partial charge in [0.05, 0.1) is 12.5 Å². The van der Waals surface area contributed by atoms with Gasteiger partial charge in [0.1, 0.15) is 11.5 Å². The molecular weight excluding hydrogens is 248 g/mol. The standard InChI is InChI=1S/C15H19ClO2/c1-11(17)15(8-4-3-5-9-15)13-10-12(16)6-7-14(13)18-2/h6-7,10H,3-5,8-9H2,1-2H3. The van der Waals surface area contributed by atoms with Gasteiger partial charge >= 0.3 is 0 Å². The summed E-state index contributed by atoms with van der Waals surface area (Å²) < 4.78 is 5.42. The number of Topliss-reactive ketones (excluding diaryl/α,β-unsaturated/α-hetero) is 1. The Labute approximate surface area is 113 Å². The van der Waals surface area contributed by atoms with Crippen molar-refractivity contribution in [1.29, 1.82) is 0 Å². The van der Waals surface area contributed by atoms with Gasteiger partial charge in [-0.25, -0.2) is 0 Å². The Morgan fingerprint density at radius 3 is 2.50 bits per heavy atom. The van der Waals surface area contributed by atoms with Crippen LogP contribution in [-0.4, -0.2) is 12.9 Å². The minimum Gasteiger partial charge on any atom is -0.496 e. The molecular formula is C15H19ClO2. The van der Waals surface area contributed by atoms with Crippen molar-refractivity contribution in [2.45, 2.75) is 44.4 Å². The van der Waals surface area contributed by atoms with Crippen molar-refractivity contribution in [3.8, 4) is 5.75 Å². The summed E-state index contributed by atoms with van der Waals surface area (Å²) in [5.74, 6) is 0.999. The lowest BCUT2D eigenvalue weighted by atomic mass is 9.67. The highest BCUT2D eigenvalue weighted by Gasteiger charge is 2.40. The van der Waals surface area contributed by atoms with Crippen LogP contribution in [0.25, 0.3) is 0 Å². The number of carbonyl (C=O) groups is 1. The summed E-state index contributed by atoms with van der Waals surface area (Å²) in [6.45, 7) is 1.69. The maximum atomic E-state index is 12.2. The van der Waals surface area contributed by atoms with E-state index in [0.29, 0.717) is 5.02 Å². The lowest BCUT2D eigenvalue weighted by molar-refractivity contribution is -0.123. The van der Waals surface area contributed by atoms with Crippen molar-refractivity contribution in [2.24, 2.45) is 0 Å². The number of ketones is 1. The van der Waals surface area contributed by atoms with Crippen LogP contribution in [0.1, 0.15) is 44.6 Å². The molecule has 1 aromatic carbocycles. The van der Waals surface area contributed by atoms with Gasteiger partial charge < -0.3 is 4.74 Å². The third-order valence-electron chi connectivity index (χ3n) is 4.06. The highest BCUT2D eigenvalue weighted by molar-refractivity contribution is 6.30. The van der Waals surface area contributed by atoms with E-state index in [1.165, 1.54) is 6.42 Å². The third kappa shape index (κ3) is 2.26. The van der Waals surface area contributed by atoms with Gasteiger partial charge in [-0.05, 0) is 38.0 Å². The maximum absolute atomic E-state index is 12.2. The van der Waals surface area contributed by atoms with E-state index in [9.17, 15) is 4.79 Å². The van der Waals surface area contributed by atoms with Gasteiger partial charge in [0.15, 0.2) is 0 Å². The second kappa shape index (κ2) is 5.31. The highest BCUT2D eigenvalue weighted by Crippen LogP contribution is 2.44. The smallest absolute Gasteiger partial charge is 0.140 e. The number of carbonyl (C=O) groups excluding carboxylic acids is 1. The molecule has 0 aliphatic heterocycles. The molecule has 1 saturated carbocycles. The molecule has 18 heavy (non-hydrogen) atoms. The second-order valence-corrected chi connectivity index (χ2v) is 5.48. The molecule has 0 amide bonds. The van der Waals surface area contributed by atoms with Gasteiger partial charge in [-0.15, -0.1) is 0 Å². The van der Waals surface area contributed by atoms with Crippen LogP contribution in [-0.2, 0) is 10.2 Å². The molecule has 0 aromatic heterocycles. The molecule has 0 atom stereocenters. The number of ether oxygens (including phenoxy) is 1. The van der Waals surface area contributed by atoms with Crippen LogP contribution in [0, 0.1) is 0 Å². The molecule has 1 aliphatic rings. The Morgan fingerprint density at radius 2 is 1.94 bits per heavy atom. The van der Waals surface area contributed by atoms with E-state index < -0.39 is 5.41 Å². The quantitative estimate of drug-likeness (QED) is 0.822. The first-order chi connectivity index (χ1) is 8.60. The Bertz CT molecular complexity index is 448. The number of hydrogen-bond acceptors (Lipinski definition) is 2. The maximum Gasteiger partial charge on any atom is 0.140 e. The molecule has 0 saturated heterocycles. The topological polar surface area (TPSA) is 26.3 Å². The molecule has 0 N–H and O–H groups in total. The molecule has 2 rings (SSSR count). The molecule has 0 unspecified atom stereocenters. The molecule has 1 aliphatic carbocycles. The van der Waals surface area contributed by atoms with E-state index in [1.54, 1.807) is 20.1 Å². The molecule has 0 bridgehead atoms. The third-order valence-corrected chi connectivity index (χ3v) is 4.29. The van der Waals surface area contributed by atoms with E-state index in [2.05, 4.69) is 0 Å². The fourth-order valence-electron chi connectivity index (χ4n) is 3.02. The van der Waals surface area contributed by atoms with Crippen LogP contribution in [0.15, 0.2) is 18.2 Å². The van der Waals surface area contributed by atoms with E-state index in [0.717, 1.165) is 37.0 Å². The zero-order chi connectivity index (χ0) is 13.2. The van der Waals surface area contributed by atoms with Crippen molar-refractivity contribution in [1.82, 2.24) is 0 Å². The van der Waals surface area contributed by atoms with Crippen LogP contribution in [0.2, 0.25) is 5.02 Å². The average molecular weight is 267 g/mol. The molecule has 2 nitrogen and oxygen atoms in total. The normalized spacial score (nSPS) is 18.4. The van der Waals surface area contributed by atoms with E-state index in [1.807, 2.05) is 12.1 Å². The van der Waals surface area contributed by atoms with Gasteiger partial charge in [-0.2, -0.15) is 0 Å². The van der Waals surface area contributed by atoms with Gasteiger partial charge in [-0.1, -0.05) is 30.9 Å². The van der Waals surface area contributed by atoms with Crippen molar-refractivity contribution in [2.75, 3.05) is 7.11 Å². The predicted octanol–water partition coefficient (Wildman–Crippen LogP) is 4.14. The van der Waals surface area contributed by atoms with Crippen molar-refractivity contribution >= 4 is 17.4 Å². The van der Waals surface area contributed by atoms with Crippen LogP contribution in [0.5, 0.6) is 5.75 Å². The summed E-state index contributed by atoms with van der Waals surface area (Å²) in [6.07, 6.45) is 5.19. The minimum absolute atomic E-state index is 0.225. The average Bonchev–Trinajstić information content (AvgIpc) is 2.39. The SMILES string of the molecule is COc1ccc(Cl)cc1C1(C(C)=O)CCCCC1. The monoisotopic (exact) mass is 266 g/mol. The molecule has 1 aromatic rings.